The minimum Gasteiger partial charge on any atom is -0.478 e. The van der Waals surface area contributed by atoms with Crippen LogP contribution in [0.4, 0.5) is 5.69 Å². The quantitative estimate of drug-likeness (QED) is 0.723. The van der Waals surface area contributed by atoms with Crippen molar-refractivity contribution in [3.63, 3.8) is 0 Å². The van der Waals surface area contributed by atoms with Crippen molar-refractivity contribution in [1.82, 2.24) is 0 Å². The number of carbonyl (C=O) groups is 1. The van der Waals surface area contributed by atoms with Gasteiger partial charge in [-0.15, -0.1) is 11.6 Å². The van der Waals surface area contributed by atoms with E-state index in [1.165, 1.54) is 12.1 Å². The summed E-state index contributed by atoms with van der Waals surface area (Å²) in [6, 6.07) is 3.02. The third-order valence-corrected chi connectivity index (χ3v) is 3.00. The number of hydrogen-bond donors (Lipinski definition) is 3. The number of carboxylic acids is 1. The zero-order valence-corrected chi connectivity index (χ0v) is 10.7. The molecule has 0 spiro atoms. The molecule has 0 aliphatic rings. The Morgan fingerprint density at radius 1 is 1.53 bits per heavy atom. The number of aryl methyl sites for hydroxylation is 1. The van der Waals surface area contributed by atoms with Crippen molar-refractivity contribution in [2.75, 3.05) is 17.7 Å². The van der Waals surface area contributed by atoms with Crippen LogP contribution in [0.3, 0.4) is 0 Å². The number of anilines is 1. The number of alkyl halides is 1. The fourth-order valence-electron chi connectivity index (χ4n) is 1.29. The highest BCUT2D eigenvalue weighted by Gasteiger charge is 2.13. The first-order valence-electron chi connectivity index (χ1n) is 4.97. The molecule has 94 valence electrons. The maximum atomic E-state index is 11.0. The zero-order valence-electron chi connectivity index (χ0n) is 9.20. The van der Waals surface area contributed by atoms with Gasteiger partial charge >= 0.3 is 5.97 Å². The Balaban J connectivity index is 2.96. The Kier molecular flexibility index (Phi) is 5.05. The summed E-state index contributed by atoms with van der Waals surface area (Å²) in [7, 11) is 0. The van der Waals surface area contributed by atoms with Gasteiger partial charge in [-0.1, -0.05) is 11.6 Å². The van der Waals surface area contributed by atoms with Crippen LogP contribution < -0.4 is 5.32 Å². The molecule has 0 aliphatic heterocycles. The third kappa shape index (κ3) is 3.77. The Bertz CT molecular complexity index is 423. The van der Waals surface area contributed by atoms with E-state index in [1.807, 2.05) is 0 Å². The first-order valence-corrected chi connectivity index (χ1v) is 5.88. The number of benzene rings is 1. The summed E-state index contributed by atoms with van der Waals surface area (Å²) in [5, 5.41) is 21.6. The van der Waals surface area contributed by atoms with Gasteiger partial charge in [-0.2, -0.15) is 0 Å². The number of rotatable bonds is 5. The summed E-state index contributed by atoms with van der Waals surface area (Å²) in [6.45, 7) is 1.90. The van der Waals surface area contributed by atoms with Gasteiger partial charge in [0.05, 0.1) is 23.2 Å². The predicted octanol–water partition coefficient (Wildman–Crippen LogP) is 2.36. The van der Waals surface area contributed by atoms with E-state index in [4.69, 9.17) is 28.3 Å². The fourth-order valence-corrected chi connectivity index (χ4v) is 1.56. The van der Waals surface area contributed by atoms with Crippen LogP contribution in [-0.4, -0.2) is 34.7 Å². The van der Waals surface area contributed by atoms with Gasteiger partial charge in [0.15, 0.2) is 0 Å². The molecule has 1 aromatic rings. The van der Waals surface area contributed by atoms with Crippen molar-refractivity contribution in [2.24, 2.45) is 0 Å². The van der Waals surface area contributed by atoms with Crippen LogP contribution in [-0.2, 0) is 0 Å². The van der Waals surface area contributed by atoms with Gasteiger partial charge in [0.2, 0.25) is 0 Å². The fraction of sp³-hybridized carbons (Fsp3) is 0.364. The SMILES string of the molecule is Cc1cc(C(=O)O)c(NCC(O)CCl)cc1Cl. The van der Waals surface area contributed by atoms with Gasteiger partial charge in [-0.3, -0.25) is 0 Å². The highest BCUT2D eigenvalue weighted by atomic mass is 35.5. The van der Waals surface area contributed by atoms with E-state index >= 15 is 0 Å². The summed E-state index contributed by atoms with van der Waals surface area (Å²) in [6.07, 6.45) is -0.738. The molecular formula is C11H13Cl2NO3. The lowest BCUT2D eigenvalue weighted by molar-refractivity contribution is 0.0697. The van der Waals surface area contributed by atoms with E-state index in [1.54, 1.807) is 6.92 Å². The molecular weight excluding hydrogens is 265 g/mol. The number of carboxylic acid groups (broad SMARTS) is 1. The van der Waals surface area contributed by atoms with Gasteiger partial charge in [-0.05, 0) is 24.6 Å². The van der Waals surface area contributed by atoms with Gasteiger partial charge in [-0.25, -0.2) is 4.79 Å². The van der Waals surface area contributed by atoms with Crippen LogP contribution in [0.1, 0.15) is 15.9 Å². The van der Waals surface area contributed by atoms with Crippen molar-refractivity contribution in [1.29, 1.82) is 0 Å². The van der Waals surface area contributed by atoms with E-state index in [2.05, 4.69) is 5.32 Å². The van der Waals surface area contributed by atoms with Crippen molar-refractivity contribution in [3.05, 3.63) is 28.3 Å². The van der Waals surface area contributed by atoms with Gasteiger partial charge in [0, 0.05) is 11.6 Å². The molecule has 1 aromatic carbocycles. The number of aliphatic hydroxyl groups excluding tert-OH is 1. The Labute approximate surface area is 109 Å². The second kappa shape index (κ2) is 6.10. The molecule has 0 aliphatic carbocycles. The second-order valence-electron chi connectivity index (χ2n) is 3.64. The minimum absolute atomic E-state index is 0.0784. The third-order valence-electron chi connectivity index (χ3n) is 2.24. The molecule has 0 amide bonds. The Hall–Kier alpha value is -0.970. The van der Waals surface area contributed by atoms with Gasteiger partial charge in [0.25, 0.3) is 0 Å². The van der Waals surface area contributed by atoms with Crippen LogP contribution in [0.5, 0.6) is 0 Å². The summed E-state index contributed by atoms with van der Waals surface area (Å²) in [5.74, 6) is -0.970. The van der Waals surface area contributed by atoms with E-state index in [-0.39, 0.29) is 18.0 Å². The lowest BCUT2D eigenvalue weighted by atomic mass is 10.1. The molecule has 0 fully saturated rings. The average molecular weight is 278 g/mol. The van der Waals surface area contributed by atoms with Gasteiger partial charge in [0.1, 0.15) is 0 Å². The highest BCUT2D eigenvalue weighted by Crippen LogP contribution is 2.25. The van der Waals surface area contributed by atoms with E-state index in [9.17, 15) is 9.90 Å². The molecule has 17 heavy (non-hydrogen) atoms. The van der Waals surface area contributed by atoms with E-state index < -0.39 is 12.1 Å². The molecule has 4 nitrogen and oxygen atoms in total. The molecule has 0 bridgehead atoms. The van der Waals surface area contributed by atoms with Crippen LogP contribution in [0.2, 0.25) is 5.02 Å². The maximum Gasteiger partial charge on any atom is 0.337 e. The predicted molar refractivity (Wildman–Crippen MR) is 68.4 cm³/mol. The number of aromatic carboxylic acids is 1. The molecule has 0 saturated carbocycles. The summed E-state index contributed by atoms with van der Waals surface area (Å²) in [4.78, 5) is 11.0. The van der Waals surface area contributed by atoms with Gasteiger partial charge < -0.3 is 15.5 Å². The lowest BCUT2D eigenvalue weighted by Crippen LogP contribution is -2.21. The topological polar surface area (TPSA) is 69.6 Å². The molecule has 0 radical (unpaired) electrons. The molecule has 0 aromatic heterocycles. The van der Waals surface area contributed by atoms with E-state index in [0.29, 0.717) is 16.3 Å². The standard InChI is InChI=1S/C11H13Cl2NO3/c1-6-2-8(11(16)17)10(3-9(6)13)14-5-7(15)4-12/h2-3,7,14-15H,4-5H2,1H3,(H,16,17). The van der Waals surface area contributed by atoms with Crippen LogP contribution in [0.15, 0.2) is 12.1 Å². The number of halogens is 2. The summed E-state index contributed by atoms with van der Waals surface area (Å²) >= 11 is 11.4. The summed E-state index contributed by atoms with van der Waals surface area (Å²) in [5.41, 5.74) is 1.18. The largest absolute Gasteiger partial charge is 0.478 e. The number of aliphatic hydroxyl groups is 1. The Morgan fingerprint density at radius 3 is 2.71 bits per heavy atom. The second-order valence-corrected chi connectivity index (χ2v) is 4.36. The number of hydrogen-bond acceptors (Lipinski definition) is 3. The Morgan fingerprint density at radius 2 is 2.18 bits per heavy atom. The summed E-state index contributed by atoms with van der Waals surface area (Å²) < 4.78 is 0. The van der Waals surface area contributed by atoms with Crippen LogP contribution in [0, 0.1) is 6.92 Å². The smallest absolute Gasteiger partial charge is 0.337 e. The first kappa shape index (κ1) is 14.1. The number of nitrogens with one attached hydrogen (secondary N) is 1. The zero-order chi connectivity index (χ0) is 13.0. The first-order chi connectivity index (χ1) is 7.95. The minimum atomic E-state index is -1.05. The van der Waals surface area contributed by atoms with Crippen molar-refractivity contribution in [3.8, 4) is 0 Å². The monoisotopic (exact) mass is 277 g/mol. The lowest BCUT2D eigenvalue weighted by Gasteiger charge is -2.13. The molecule has 1 rings (SSSR count). The normalized spacial score (nSPS) is 12.2. The molecule has 3 N–H and O–H groups in total. The highest BCUT2D eigenvalue weighted by molar-refractivity contribution is 6.31. The van der Waals surface area contributed by atoms with Crippen molar-refractivity contribution in [2.45, 2.75) is 13.0 Å². The van der Waals surface area contributed by atoms with Crippen LogP contribution in [0.25, 0.3) is 0 Å². The van der Waals surface area contributed by atoms with Crippen molar-refractivity contribution < 1.29 is 15.0 Å². The van der Waals surface area contributed by atoms with E-state index in [0.717, 1.165) is 0 Å². The maximum absolute atomic E-state index is 11.0. The average Bonchev–Trinajstić information content (AvgIpc) is 2.29. The van der Waals surface area contributed by atoms with Crippen molar-refractivity contribution >= 4 is 34.9 Å². The molecule has 0 heterocycles. The molecule has 0 saturated heterocycles. The molecule has 1 unspecified atom stereocenters. The molecule has 1 atom stereocenters. The molecule has 6 heteroatoms. The van der Waals surface area contributed by atoms with Crippen LogP contribution >= 0.6 is 23.2 Å².